The first-order chi connectivity index (χ1) is 13.4. The van der Waals surface area contributed by atoms with E-state index in [4.69, 9.17) is 4.98 Å². The molecule has 1 N–H and O–H groups in total. The molecule has 6 heteroatoms. The molecule has 0 aromatic carbocycles. The minimum Gasteiger partial charge on any atom is -0.365 e. The number of aryl methyl sites for hydroxylation is 1. The molecule has 0 aliphatic carbocycles. The van der Waals surface area contributed by atoms with Gasteiger partial charge in [0.05, 0.1) is 16.0 Å². The second-order valence-electron chi connectivity index (χ2n) is 7.62. The molecule has 0 saturated carbocycles. The van der Waals surface area contributed by atoms with Gasteiger partial charge in [0.25, 0.3) is 0 Å². The molecule has 0 spiro atoms. The number of fused-ring (bicyclic) bond motifs is 1. The van der Waals surface area contributed by atoms with Crippen LogP contribution in [0.4, 0.5) is 5.82 Å². The molecule has 0 amide bonds. The van der Waals surface area contributed by atoms with E-state index < -0.39 is 0 Å². The van der Waals surface area contributed by atoms with Crippen LogP contribution < -0.4 is 5.32 Å². The molecule has 0 unspecified atom stereocenters. The summed E-state index contributed by atoms with van der Waals surface area (Å²) in [5.41, 5.74) is 3.53. The summed E-state index contributed by atoms with van der Waals surface area (Å²) in [6, 6.07) is 8.06. The van der Waals surface area contributed by atoms with Crippen molar-refractivity contribution in [1.82, 2.24) is 19.4 Å². The Morgan fingerprint density at radius 2 is 1.93 bits per heavy atom. The van der Waals surface area contributed by atoms with Crippen LogP contribution in [0.5, 0.6) is 0 Å². The van der Waals surface area contributed by atoms with E-state index in [1.54, 1.807) is 23.7 Å². The fourth-order valence-corrected chi connectivity index (χ4v) is 3.60. The first-order valence-electron chi connectivity index (χ1n) is 9.04. The molecule has 4 rings (SSSR count). The van der Waals surface area contributed by atoms with Crippen molar-refractivity contribution in [3.8, 4) is 22.4 Å². The summed E-state index contributed by atoms with van der Waals surface area (Å²) >= 11 is 1.63. The standard InChI is InChI=1S/C22H21N5S/c1-15-5-6-16(24-13-15)7-8-17-9-10-18(28-17)20-21(26-22(2,3)4)27-12-11-23-14-19(27)25-20/h5-6,9-14,26H,1-4H3. The number of hydrogen-bond donors (Lipinski definition) is 1. The van der Waals surface area contributed by atoms with Crippen LogP contribution in [0, 0.1) is 18.8 Å². The van der Waals surface area contributed by atoms with Gasteiger partial charge in [-0.15, -0.1) is 11.3 Å². The van der Waals surface area contributed by atoms with Crippen LogP contribution in [-0.4, -0.2) is 24.9 Å². The van der Waals surface area contributed by atoms with Crippen molar-refractivity contribution in [2.24, 2.45) is 0 Å². The van der Waals surface area contributed by atoms with Gasteiger partial charge in [-0.05, 0) is 63.3 Å². The van der Waals surface area contributed by atoms with E-state index in [1.165, 1.54) is 0 Å². The lowest BCUT2D eigenvalue weighted by molar-refractivity contribution is 0.629. The molecule has 4 heterocycles. The molecule has 0 radical (unpaired) electrons. The Kier molecular flexibility index (Phi) is 4.62. The van der Waals surface area contributed by atoms with Crippen molar-refractivity contribution >= 4 is 22.8 Å². The van der Waals surface area contributed by atoms with Gasteiger partial charge in [0.1, 0.15) is 17.2 Å². The van der Waals surface area contributed by atoms with Crippen LogP contribution in [0.15, 0.2) is 49.1 Å². The van der Waals surface area contributed by atoms with Gasteiger partial charge in [0.2, 0.25) is 0 Å². The van der Waals surface area contributed by atoms with Gasteiger partial charge in [0, 0.05) is 24.1 Å². The van der Waals surface area contributed by atoms with Crippen LogP contribution in [0.25, 0.3) is 16.2 Å². The predicted molar refractivity (Wildman–Crippen MR) is 115 cm³/mol. The van der Waals surface area contributed by atoms with Crippen LogP contribution in [0.1, 0.15) is 36.9 Å². The van der Waals surface area contributed by atoms with E-state index >= 15 is 0 Å². The third-order valence-electron chi connectivity index (χ3n) is 3.99. The highest BCUT2D eigenvalue weighted by Crippen LogP contribution is 2.34. The van der Waals surface area contributed by atoms with E-state index in [2.05, 4.69) is 54.0 Å². The molecule has 0 saturated heterocycles. The van der Waals surface area contributed by atoms with Crippen LogP contribution in [0.3, 0.4) is 0 Å². The molecular weight excluding hydrogens is 366 g/mol. The topological polar surface area (TPSA) is 55.1 Å². The van der Waals surface area contributed by atoms with E-state index in [-0.39, 0.29) is 5.54 Å². The summed E-state index contributed by atoms with van der Waals surface area (Å²) in [4.78, 5) is 15.4. The van der Waals surface area contributed by atoms with Crippen molar-refractivity contribution in [2.75, 3.05) is 5.32 Å². The van der Waals surface area contributed by atoms with Crippen LogP contribution in [0.2, 0.25) is 0 Å². The second kappa shape index (κ2) is 7.10. The minimum atomic E-state index is -0.0923. The molecule has 5 nitrogen and oxygen atoms in total. The van der Waals surface area contributed by atoms with Crippen molar-refractivity contribution in [3.63, 3.8) is 0 Å². The molecule has 0 aliphatic rings. The molecule has 4 aromatic heterocycles. The molecule has 28 heavy (non-hydrogen) atoms. The summed E-state index contributed by atoms with van der Waals surface area (Å²) in [5.74, 6) is 7.31. The third-order valence-corrected chi connectivity index (χ3v) is 5.00. The monoisotopic (exact) mass is 387 g/mol. The molecule has 0 fully saturated rings. The number of thiophene rings is 1. The fraction of sp³-hybridized carbons (Fsp3) is 0.227. The average molecular weight is 388 g/mol. The third kappa shape index (κ3) is 3.90. The molecule has 0 bridgehead atoms. The highest BCUT2D eigenvalue weighted by molar-refractivity contribution is 7.16. The summed E-state index contributed by atoms with van der Waals surface area (Å²) in [7, 11) is 0. The summed E-state index contributed by atoms with van der Waals surface area (Å²) < 4.78 is 2.04. The molecule has 140 valence electrons. The number of anilines is 1. The SMILES string of the molecule is Cc1ccc(C#Cc2ccc(-c3nc4cnccn4c3NC(C)(C)C)s2)nc1. The maximum Gasteiger partial charge on any atom is 0.157 e. The van der Waals surface area contributed by atoms with Gasteiger partial charge in [-0.3, -0.25) is 9.38 Å². The Morgan fingerprint density at radius 3 is 2.68 bits per heavy atom. The molecule has 0 atom stereocenters. The number of imidazole rings is 1. The van der Waals surface area contributed by atoms with E-state index in [1.807, 2.05) is 41.9 Å². The molecular formula is C22H21N5S. The van der Waals surface area contributed by atoms with E-state index in [0.717, 1.165) is 38.2 Å². The zero-order valence-corrected chi connectivity index (χ0v) is 17.1. The Hall–Kier alpha value is -3.17. The summed E-state index contributed by atoms with van der Waals surface area (Å²) in [6.07, 6.45) is 7.30. The lowest BCUT2D eigenvalue weighted by atomic mass is 10.1. The quantitative estimate of drug-likeness (QED) is 0.503. The lowest BCUT2D eigenvalue weighted by Gasteiger charge is -2.22. The van der Waals surface area contributed by atoms with Crippen molar-refractivity contribution in [3.05, 3.63) is 65.2 Å². The first-order valence-corrected chi connectivity index (χ1v) is 9.86. The number of hydrogen-bond acceptors (Lipinski definition) is 5. The number of nitrogens with zero attached hydrogens (tertiary/aromatic N) is 4. The summed E-state index contributed by atoms with van der Waals surface area (Å²) in [6.45, 7) is 8.43. The second-order valence-corrected chi connectivity index (χ2v) is 8.71. The van der Waals surface area contributed by atoms with Crippen LogP contribution >= 0.6 is 11.3 Å². The van der Waals surface area contributed by atoms with Gasteiger partial charge in [-0.25, -0.2) is 9.97 Å². The number of pyridine rings is 1. The van der Waals surface area contributed by atoms with Gasteiger partial charge in [0.15, 0.2) is 5.65 Å². The first kappa shape index (κ1) is 18.2. The smallest absolute Gasteiger partial charge is 0.157 e. The van der Waals surface area contributed by atoms with Crippen LogP contribution in [-0.2, 0) is 0 Å². The van der Waals surface area contributed by atoms with Crippen molar-refractivity contribution in [2.45, 2.75) is 33.2 Å². The maximum atomic E-state index is 4.80. The Balaban J connectivity index is 1.71. The largest absolute Gasteiger partial charge is 0.365 e. The zero-order chi connectivity index (χ0) is 19.7. The molecule has 0 aliphatic heterocycles. The Labute approximate surface area is 168 Å². The maximum absolute atomic E-state index is 4.80. The van der Waals surface area contributed by atoms with Gasteiger partial charge >= 0.3 is 0 Å². The number of aromatic nitrogens is 4. The summed E-state index contributed by atoms with van der Waals surface area (Å²) in [5, 5.41) is 3.58. The minimum absolute atomic E-state index is 0.0923. The normalized spacial score (nSPS) is 11.3. The van der Waals surface area contributed by atoms with Gasteiger partial charge < -0.3 is 5.32 Å². The lowest BCUT2D eigenvalue weighted by Crippen LogP contribution is -2.27. The van der Waals surface area contributed by atoms with Crippen molar-refractivity contribution in [1.29, 1.82) is 0 Å². The van der Waals surface area contributed by atoms with Gasteiger partial charge in [-0.1, -0.05) is 6.07 Å². The average Bonchev–Trinajstić information content (AvgIpc) is 3.25. The van der Waals surface area contributed by atoms with E-state index in [9.17, 15) is 0 Å². The Morgan fingerprint density at radius 1 is 1.07 bits per heavy atom. The molecule has 4 aromatic rings. The Bertz CT molecular complexity index is 1180. The van der Waals surface area contributed by atoms with E-state index in [0.29, 0.717) is 0 Å². The van der Waals surface area contributed by atoms with Crippen molar-refractivity contribution < 1.29 is 0 Å². The van der Waals surface area contributed by atoms with Gasteiger partial charge in [-0.2, -0.15) is 0 Å². The predicted octanol–water partition coefficient (Wildman–Crippen LogP) is 4.77. The fourth-order valence-electron chi connectivity index (χ4n) is 2.75. The number of rotatable bonds is 2. The highest BCUT2D eigenvalue weighted by Gasteiger charge is 2.20. The number of nitrogens with one attached hydrogen (secondary N) is 1. The highest BCUT2D eigenvalue weighted by atomic mass is 32.1. The zero-order valence-electron chi connectivity index (χ0n) is 16.3.